The predicted octanol–water partition coefficient (Wildman–Crippen LogP) is 3.10. The van der Waals surface area contributed by atoms with Crippen LogP contribution in [0.25, 0.3) is 0 Å². The molecule has 0 aromatic heterocycles. The molecule has 5 nitrogen and oxygen atoms in total. The molecule has 0 atom stereocenters. The Balaban J connectivity index is 1.86. The number of carbonyl (C=O) groups is 2. The number of halogens is 2. The molecule has 2 rings (SSSR count). The lowest BCUT2D eigenvalue weighted by atomic mass is 10.1. The van der Waals surface area contributed by atoms with Crippen LogP contribution in [0.3, 0.4) is 0 Å². The third-order valence-corrected chi connectivity index (χ3v) is 4.41. The van der Waals surface area contributed by atoms with Crippen LogP contribution in [-0.2, 0) is 17.9 Å². The second-order valence-electron chi connectivity index (χ2n) is 6.09. The Morgan fingerprint density at radius 2 is 1.65 bits per heavy atom. The van der Waals surface area contributed by atoms with Crippen molar-refractivity contribution in [1.82, 2.24) is 15.5 Å². The second-order valence-corrected chi connectivity index (χ2v) is 6.91. The maximum atomic E-state index is 12.1. The average Bonchev–Trinajstić information content (AvgIpc) is 2.60. The van der Waals surface area contributed by atoms with Gasteiger partial charge in [0.15, 0.2) is 0 Å². The Hall–Kier alpha value is -2.08. The Morgan fingerprint density at radius 3 is 2.31 bits per heavy atom. The molecule has 2 aromatic carbocycles. The molecular formula is C19H21Cl2N3O2. The number of amides is 2. The van der Waals surface area contributed by atoms with Gasteiger partial charge in [0.1, 0.15) is 0 Å². The fraction of sp³-hybridized carbons (Fsp3) is 0.263. The van der Waals surface area contributed by atoms with E-state index >= 15 is 0 Å². The van der Waals surface area contributed by atoms with Gasteiger partial charge in [0.2, 0.25) is 5.91 Å². The van der Waals surface area contributed by atoms with Gasteiger partial charge >= 0.3 is 0 Å². The van der Waals surface area contributed by atoms with Crippen molar-refractivity contribution in [3.8, 4) is 0 Å². The summed E-state index contributed by atoms with van der Waals surface area (Å²) in [6.07, 6.45) is 0. The molecule has 138 valence electrons. The first-order chi connectivity index (χ1) is 12.4. The lowest BCUT2D eigenvalue weighted by molar-refractivity contribution is -0.120. The molecule has 2 aromatic rings. The second kappa shape index (κ2) is 9.57. The molecule has 0 aliphatic heterocycles. The molecular weight excluding hydrogens is 373 g/mol. The normalized spacial score (nSPS) is 10.7. The molecule has 2 amide bonds. The molecule has 0 aliphatic rings. The molecule has 0 unspecified atom stereocenters. The maximum Gasteiger partial charge on any atom is 0.251 e. The minimum atomic E-state index is -0.383. The lowest BCUT2D eigenvalue weighted by Crippen LogP contribution is -2.36. The van der Waals surface area contributed by atoms with Crippen LogP contribution < -0.4 is 10.6 Å². The molecule has 0 spiro atoms. The van der Waals surface area contributed by atoms with Crippen molar-refractivity contribution in [3.05, 3.63) is 69.2 Å². The first kappa shape index (κ1) is 20.2. The summed E-state index contributed by atoms with van der Waals surface area (Å²) in [5.41, 5.74) is 2.55. The third kappa shape index (κ3) is 6.02. The highest BCUT2D eigenvalue weighted by Crippen LogP contribution is 2.22. The zero-order valence-electron chi connectivity index (χ0n) is 14.7. The van der Waals surface area contributed by atoms with E-state index in [1.165, 1.54) is 6.07 Å². The molecule has 0 fully saturated rings. The molecule has 26 heavy (non-hydrogen) atoms. The Labute approximate surface area is 163 Å². The number of hydrogen-bond donors (Lipinski definition) is 2. The van der Waals surface area contributed by atoms with Gasteiger partial charge in [-0.2, -0.15) is 0 Å². The van der Waals surface area contributed by atoms with Crippen molar-refractivity contribution in [1.29, 1.82) is 0 Å². The summed E-state index contributed by atoms with van der Waals surface area (Å²) < 4.78 is 0. The SMILES string of the molecule is CN(C)Cc1ccccc1CNC(=O)CNC(=O)c1ccc(Cl)c(Cl)c1. The zero-order chi connectivity index (χ0) is 19.1. The number of hydrogen-bond acceptors (Lipinski definition) is 3. The van der Waals surface area contributed by atoms with Gasteiger partial charge < -0.3 is 15.5 Å². The first-order valence-corrected chi connectivity index (χ1v) is 8.84. The highest BCUT2D eigenvalue weighted by atomic mass is 35.5. The standard InChI is InChI=1S/C19H21Cl2N3O2/c1-24(2)12-15-6-4-3-5-14(15)10-22-18(25)11-23-19(26)13-7-8-16(20)17(21)9-13/h3-9H,10-12H2,1-2H3,(H,22,25)(H,23,26). The van der Waals surface area contributed by atoms with E-state index in [-0.39, 0.29) is 18.4 Å². The third-order valence-electron chi connectivity index (χ3n) is 3.67. The van der Waals surface area contributed by atoms with Crippen LogP contribution >= 0.6 is 23.2 Å². The van der Waals surface area contributed by atoms with Crippen molar-refractivity contribution in [2.75, 3.05) is 20.6 Å². The largest absolute Gasteiger partial charge is 0.350 e. The smallest absolute Gasteiger partial charge is 0.251 e. The lowest BCUT2D eigenvalue weighted by Gasteiger charge is -2.14. The number of carbonyl (C=O) groups excluding carboxylic acids is 2. The van der Waals surface area contributed by atoms with Gasteiger partial charge in [-0.15, -0.1) is 0 Å². The van der Waals surface area contributed by atoms with E-state index < -0.39 is 0 Å². The zero-order valence-corrected chi connectivity index (χ0v) is 16.2. The van der Waals surface area contributed by atoms with E-state index in [2.05, 4.69) is 15.5 Å². The summed E-state index contributed by atoms with van der Waals surface area (Å²) >= 11 is 11.7. The topological polar surface area (TPSA) is 61.4 Å². The van der Waals surface area contributed by atoms with Gasteiger partial charge in [0, 0.05) is 18.7 Å². The molecule has 0 saturated carbocycles. The van der Waals surface area contributed by atoms with Crippen molar-refractivity contribution in [2.24, 2.45) is 0 Å². The van der Waals surface area contributed by atoms with Crippen molar-refractivity contribution in [3.63, 3.8) is 0 Å². The predicted molar refractivity (Wildman–Crippen MR) is 104 cm³/mol. The van der Waals surface area contributed by atoms with Crippen LogP contribution in [0.15, 0.2) is 42.5 Å². The van der Waals surface area contributed by atoms with Crippen LogP contribution in [0.2, 0.25) is 10.0 Å². The Kier molecular flexibility index (Phi) is 7.45. The van der Waals surface area contributed by atoms with Gasteiger partial charge in [0.25, 0.3) is 5.91 Å². The summed E-state index contributed by atoms with van der Waals surface area (Å²) in [4.78, 5) is 26.2. The molecule has 0 aliphatic carbocycles. The Bertz CT molecular complexity index is 794. The van der Waals surface area contributed by atoms with E-state index in [9.17, 15) is 9.59 Å². The van der Waals surface area contributed by atoms with E-state index in [1.54, 1.807) is 12.1 Å². The summed E-state index contributed by atoms with van der Waals surface area (Å²) in [5.74, 6) is -0.648. The monoisotopic (exact) mass is 393 g/mol. The van der Waals surface area contributed by atoms with E-state index in [0.29, 0.717) is 22.2 Å². The van der Waals surface area contributed by atoms with Crippen LogP contribution in [0, 0.1) is 0 Å². The van der Waals surface area contributed by atoms with Gasteiger partial charge in [0.05, 0.1) is 16.6 Å². The van der Waals surface area contributed by atoms with Gasteiger partial charge in [-0.3, -0.25) is 9.59 Å². The van der Waals surface area contributed by atoms with Crippen LogP contribution in [0.4, 0.5) is 0 Å². The first-order valence-electron chi connectivity index (χ1n) is 8.08. The van der Waals surface area contributed by atoms with Gasteiger partial charge in [-0.05, 0) is 43.4 Å². The van der Waals surface area contributed by atoms with E-state index in [4.69, 9.17) is 23.2 Å². The number of benzene rings is 2. The van der Waals surface area contributed by atoms with Crippen molar-refractivity contribution in [2.45, 2.75) is 13.1 Å². The highest BCUT2D eigenvalue weighted by Gasteiger charge is 2.10. The molecule has 2 N–H and O–H groups in total. The molecule has 7 heteroatoms. The molecule has 0 radical (unpaired) electrons. The van der Waals surface area contributed by atoms with E-state index in [0.717, 1.165) is 17.7 Å². The van der Waals surface area contributed by atoms with Gasteiger partial charge in [-0.1, -0.05) is 47.5 Å². The van der Waals surface area contributed by atoms with Crippen molar-refractivity contribution >= 4 is 35.0 Å². The minimum Gasteiger partial charge on any atom is -0.350 e. The fourth-order valence-corrected chi connectivity index (χ4v) is 2.68. The van der Waals surface area contributed by atoms with Crippen LogP contribution in [0.1, 0.15) is 21.5 Å². The number of nitrogens with zero attached hydrogens (tertiary/aromatic N) is 1. The molecule has 0 heterocycles. The number of nitrogens with one attached hydrogen (secondary N) is 2. The summed E-state index contributed by atoms with van der Waals surface area (Å²) in [6.45, 7) is 1.08. The maximum absolute atomic E-state index is 12.1. The average molecular weight is 394 g/mol. The molecule has 0 saturated heterocycles. The highest BCUT2D eigenvalue weighted by molar-refractivity contribution is 6.42. The molecule has 0 bridgehead atoms. The fourth-order valence-electron chi connectivity index (χ4n) is 2.38. The van der Waals surface area contributed by atoms with Crippen molar-refractivity contribution < 1.29 is 9.59 Å². The summed E-state index contributed by atoms with van der Waals surface area (Å²) in [7, 11) is 3.99. The van der Waals surface area contributed by atoms with E-state index in [1.807, 2.05) is 38.4 Å². The number of rotatable bonds is 7. The van der Waals surface area contributed by atoms with Crippen LogP contribution in [-0.4, -0.2) is 37.4 Å². The minimum absolute atomic E-state index is 0.116. The Morgan fingerprint density at radius 1 is 0.962 bits per heavy atom. The van der Waals surface area contributed by atoms with Crippen LogP contribution in [0.5, 0.6) is 0 Å². The summed E-state index contributed by atoms with van der Waals surface area (Å²) in [5, 5.41) is 6.05. The quantitative estimate of drug-likeness (QED) is 0.759. The van der Waals surface area contributed by atoms with Gasteiger partial charge in [-0.25, -0.2) is 0 Å². The summed E-state index contributed by atoms with van der Waals surface area (Å²) in [6, 6.07) is 12.5.